The molecule has 0 aromatic carbocycles. The Morgan fingerprint density at radius 2 is 1.92 bits per heavy atom. The van der Waals surface area contributed by atoms with Crippen LogP contribution in [0.2, 0.25) is 0 Å². The van der Waals surface area contributed by atoms with E-state index in [4.69, 9.17) is 4.52 Å². The number of rotatable bonds is 4. The van der Waals surface area contributed by atoms with Gasteiger partial charge in [-0.15, -0.1) is 0 Å². The van der Waals surface area contributed by atoms with E-state index in [1.165, 1.54) is 0 Å². The molecular weight excluding hydrogens is 318 g/mol. The van der Waals surface area contributed by atoms with Crippen LogP contribution in [0.5, 0.6) is 0 Å². The minimum atomic E-state index is -0.155. The molecule has 1 aliphatic rings. The van der Waals surface area contributed by atoms with Gasteiger partial charge in [-0.05, 0) is 27.7 Å². The monoisotopic (exact) mass is 345 g/mol. The number of hydrogen-bond acceptors (Lipinski definition) is 5. The fraction of sp³-hybridized carbons (Fsp3) is 0.611. The van der Waals surface area contributed by atoms with Crippen molar-refractivity contribution in [3.05, 3.63) is 34.5 Å². The van der Waals surface area contributed by atoms with Gasteiger partial charge >= 0.3 is 0 Å². The molecule has 2 aromatic rings. The maximum absolute atomic E-state index is 12.9. The zero-order valence-corrected chi connectivity index (χ0v) is 15.7. The van der Waals surface area contributed by atoms with Crippen LogP contribution in [-0.4, -0.2) is 56.8 Å². The van der Waals surface area contributed by atoms with Crippen molar-refractivity contribution in [1.82, 2.24) is 24.7 Å². The molecule has 1 unspecified atom stereocenters. The third-order valence-electron chi connectivity index (χ3n) is 5.11. The summed E-state index contributed by atoms with van der Waals surface area (Å²) in [6.45, 7) is 11.9. The fourth-order valence-electron chi connectivity index (χ4n) is 3.65. The summed E-state index contributed by atoms with van der Waals surface area (Å²) in [7, 11) is 1.92. The quantitative estimate of drug-likeness (QED) is 0.845. The highest BCUT2D eigenvalue weighted by molar-refractivity contribution is 5.84. The van der Waals surface area contributed by atoms with Crippen LogP contribution in [0.25, 0.3) is 0 Å². The van der Waals surface area contributed by atoms with Crippen LogP contribution in [0.4, 0.5) is 0 Å². The minimum absolute atomic E-state index is 0.155. The average molecular weight is 345 g/mol. The fourth-order valence-corrected chi connectivity index (χ4v) is 3.65. The van der Waals surface area contributed by atoms with Crippen molar-refractivity contribution in [2.45, 2.75) is 40.2 Å². The van der Waals surface area contributed by atoms with E-state index in [-0.39, 0.29) is 11.8 Å². The second-order valence-electron chi connectivity index (χ2n) is 6.97. The summed E-state index contributed by atoms with van der Waals surface area (Å²) >= 11 is 0. The first kappa shape index (κ1) is 17.7. The highest BCUT2D eigenvalue weighted by Crippen LogP contribution is 2.25. The van der Waals surface area contributed by atoms with Crippen molar-refractivity contribution >= 4 is 5.91 Å². The Kier molecular flexibility index (Phi) is 4.94. The molecule has 1 fully saturated rings. The normalized spacial score (nSPS) is 17.1. The van der Waals surface area contributed by atoms with Crippen LogP contribution in [-0.2, 0) is 18.4 Å². The molecule has 1 atom stereocenters. The Morgan fingerprint density at radius 3 is 2.44 bits per heavy atom. The van der Waals surface area contributed by atoms with Crippen molar-refractivity contribution in [2.24, 2.45) is 7.05 Å². The van der Waals surface area contributed by atoms with Crippen LogP contribution in [0, 0.1) is 20.8 Å². The maximum Gasteiger partial charge on any atom is 0.230 e. The van der Waals surface area contributed by atoms with Crippen LogP contribution in [0.15, 0.2) is 10.6 Å². The molecule has 7 heteroatoms. The lowest BCUT2D eigenvalue weighted by Crippen LogP contribution is -2.49. The van der Waals surface area contributed by atoms with Crippen molar-refractivity contribution in [3.8, 4) is 0 Å². The summed E-state index contributed by atoms with van der Waals surface area (Å²) in [5, 5.41) is 8.37. The van der Waals surface area contributed by atoms with Gasteiger partial charge in [-0.3, -0.25) is 14.4 Å². The van der Waals surface area contributed by atoms with E-state index in [0.29, 0.717) is 0 Å². The van der Waals surface area contributed by atoms with Crippen molar-refractivity contribution in [2.75, 3.05) is 26.2 Å². The van der Waals surface area contributed by atoms with Crippen molar-refractivity contribution in [1.29, 1.82) is 0 Å². The summed E-state index contributed by atoms with van der Waals surface area (Å²) in [5.74, 6) is 0.916. The highest BCUT2D eigenvalue weighted by atomic mass is 16.5. The van der Waals surface area contributed by atoms with Crippen LogP contribution in [0.1, 0.15) is 41.2 Å². The van der Waals surface area contributed by atoms with E-state index >= 15 is 0 Å². The van der Waals surface area contributed by atoms with E-state index in [0.717, 1.165) is 61.1 Å². The van der Waals surface area contributed by atoms with Gasteiger partial charge in [0.25, 0.3) is 0 Å². The molecule has 3 heterocycles. The topological polar surface area (TPSA) is 67.4 Å². The molecule has 0 aliphatic carbocycles. The first-order valence-electron chi connectivity index (χ1n) is 8.80. The predicted octanol–water partition coefficient (Wildman–Crippen LogP) is 1.78. The summed E-state index contributed by atoms with van der Waals surface area (Å²) in [6.07, 6.45) is 0. The van der Waals surface area contributed by atoms with Gasteiger partial charge in [-0.2, -0.15) is 5.10 Å². The Balaban J connectivity index is 1.59. The molecule has 2 aromatic heterocycles. The van der Waals surface area contributed by atoms with E-state index < -0.39 is 0 Å². The zero-order valence-electron chi connectivity index (χ0n) is 15.7. The van der Waals surface area contributed by atoms with Gasteiger partial charge in [-0.1, -0.05) is 5.16 Å². The number of amides is 1. The SMILES string of the molecule is Cc1cc(CN2CCN(C(=O)C(C)c3c(C)nn(C)c3C)CC2)on1. The molecule has 0 N–H and O–H groups in total. The molecule has 136 valence electrons. The summed E-state index contributed by atoms with van der Waals surface area (Å²) in [5.41, 5.74) is 3.98. The minimum Gasteiger partial charge on any atom is -0.360 e. The van der Waals surface area contributed by atoms with E-state index in [2.05, 4.69) is 15.2 Å². The average Bonchev–Trinajstić information content (AvgIpc) is 3.10. The van der Waals surface area contributed by atoms with Gasteiger partial charge in [0.15, 0.2) is 5.76 Å². The number of piperazine rings is 1. The summed E-state index contributed by atoms with van der Waals surface area (Å²) in [6, 6.07) is 1.97. The number of aromatic nitrogens is 3. The molecule has 0 saturated carbocycles. The summed E-state index contributed by atoms with van der Waals surface area (Å²) in [4.78, 5) is 17.2. The number of hydrogen-bond donors (Lipinski definition) is 0. The second-order valence-corrected chi connectivity index (χ2v) is 6.97. The first-order valence-corrected chi connectivity index (χ1v) is 8.80. The Morgan fingerprint density at radius 1 is 1.24 bits per heavy atom. The summed E-state index contributed by atoms with van der Waals surface area (Å²) < 4.78 is 7.14. The lowest BCUT2D eigenvalue weighted by molar-refractivity contribution is -0.134. The molecule has 1 amide bonds. The molecule has 0 spiro atoms. The molecule has 3 rings (SSSR count). The number of carbonyl (C=O) groups excluding carboxylic acids is 1. The van der Waals surface area contributed by atoms with Gasteiger partial charge in [0.05, 0.1) is 23.9 Å². The maximum atomic E-state index is 12.9. The van der Waals surface area contributed by atoms with Crippen LogP contribution < -0.4 is 0 Å². The van der Waals surface area contributed by atoms with E-state index in [1.54, 1.807) is 0 Å². The lowest BCUT2D eigenvalue weighted by Gasteiger charge is -2.35. The second kappa shape index (κ2) is 7.00. The largest absolute Gasteiger partial charge is 0.360 e. The molecule has 1 aliphatic heterocycles. The number of nitrogens with zero attached hydrogens (tertiary/aromatic N) is 5. The Labute approximate surface area is 148 Å². The molecule has 1 saturated heterocycles. The Hall–Kier alpha value is -2.15. The van der Waals surface area contributed by atoms with Crippen molar-refractivity contribution in [3.63, 3.8) is 0 Å². The third-order valence-corrected chi connectivity index (χ3v) is 5.11. The Bertz CT molecular complexity index is 756. The lowest BCUT2D eigenvalue weighted by atomic mass is 9.97. The van der Waals surface area contributed by atoms with Crippen LogP contribution >= 0.6 is 0 Å². The molecule has 7 nitrogen and oxygen atoms in total. The van der Waals surface area contributed by atoms with E-state index in [1.807, 2.05) is 50.4 Å². The molecule has 0 bridgehead atoms. The zero-order chi connectivity index (χ0) is 18.1. The molecular formula is C18H27N5O2. The van der Waals surface area contributed by atoms with Crippen LogP contribution in [0.3, 0.4) is 0 Å². The smallest absolute Gasteiger partial charge is 0.230 e. The number of aryl methyl sites for hydroxylation is 3. The van der Waals surface area contributed by atoms with Gasteiger partial charge in [0.1, 0.15) is 0 Å². The highest BCUT2D eigenvalue weighted by Gasteiger charge is 2.29. The predicted molar refractivity (Wildman–Crippen MR) is 94.2 cm³/mol. The van der Waals surface area contributed by atoms with Crippen molar-refractivity contribution < 1.29 is 9.32 Å². The standard InChI is InChI=1S/C18H27N5O2/c1-12-10-16(25-20-12)11-22-6-8-23(9-7-22)18(24)13(2)17-14(3)19-21(5)15(17)4/h10,13H,6-9,11H2,1-5H3. The van der Waals surface area contributed by atoms with Gasteiger partial charge in [0, 0.05) is 50.6 Å². The molecule has 25 heavy (non-hydrogen) atoms. The molecule has 0 radical (unpaired) electrons. The van der Waals surface area contributed by atoms with Gasteiger partial charge in [0.2, 0.25) is 5.91 Å². The number of carbonyl (C=O) groups is 1. The third kappa shape index (κ3) is 3.61. The van der Waals surface area contributed by atoms with Gasteiger partial charge < -0.3 is 9.42 Å². The first-order chi connectivity index (χ1) is 11.9. The van der Waals surface area contributed by atoms with Gasteiger partial charge in [-0.25, -0.2) is 0 Å². The van der Waals surface area contributed by atoms with E-state index in [9.17, 15) is 4.79 Å².